The second kappa shape index (κ2) is 11.0. The summed E-state index contributed by atoms with van der Waals surface area (Å²) in [6.45, 7) is 0. The molecule has 0 fully saturated rings. The normalized spacial score (nSPS) is 10.9. The molecule has 17 heteroatoms. The summed E-state index contributed by atoms with van der Waals surface area (Å²) in [6.07, 6.45) is 0. The van der Waals surface area contributed by atoms with E-state index in [1.54, 1.807) is 0 Å². The fourth-order valence-corrected chi connectivity index (χ4v) is 2.78. The van der Waals surface area contributed by atoms with Crippen molar-refractivity contribution < 1.29 is 48.0 Å². The third-order valence-corrected chi connectivity index (χ3v) is 4.59. The van der Waals surface area contributed by atoms with E-state index in [9.17, 15) is 34.9 Å². The average Bonchev–Trinajstić information content (AvgIpc) is 2.86. The summed E-state index contributed by atoms with van der Waals surface area (Å²) >= 11 is 0. The van der Waals surface area contributed by atoms with Gasteiger partial charge < -0.3 is 14.7 Å². The van der Waals surface area contributed by atoms with Gasteiger partial charge in [0, 0.05) is 36.4 Å². The third-order valence-electron chi connectivity index (χ3n) is 3.82. The van der Waals surface area contributed by atoms with E-state index in [0.717, 1.165) is 72.8 Å². The molecule has 3 rings (SSSR count). The van der Waals surface area contributed by atoms with Crippen LogP contribution in [0.25, 0.3) is 0 Å². The number of non-ortho nitro benzene ring substituents is 3. The lowest BCUT2D eigenvalue weighted by Crippen LogP contribution is -2.08. The van der Waals surface area contributed by atoms with Crippen molar-refractivity contribution in [2.45, 2.75) is 0 Å². The van der Waals surface area contributed by atoms with Crippen LogP contribution in [-0.2, 0) is 18.6 Å². The minimum absolute atomic E-state index is 0.145. The SMILES string of the molecule is O=[N+]([O-])c1ccc(OOP(=O)(OOc2ccc([N+](=O)[O-])cc2)OOc2ccc([N+](=O)[O-])cc2)cc1. The maximum atomic E-state index is 12.9. The van der Waals surface area contributed by atoms with E-state index in [0.29, 0.717) is 0 Å². The molecule has 182 valence electrons. The van der Waals surface area contributed by atoms with E-state index in [1.807, 2.05) is 0 Å². The Kier molecular flexibility index (Phi) is 7.85. The molecule has 3 aromatic rings. The van der Waals surface area contributed by atoms with Crippen LogP contribution in [0.1, 0.15) is 0 Å². The van der Waals surface area contributed by atoms with Gasteiger partial charge in [0.2, 0.25) is 0 Å². The van der Waals surface area contributed by atoms with E-state index in [2.05, 4.69) is 14.0 Å². The molecule has 0 spiro atoms. The van der Waals surface area contributed by atoms with Gasteiger partial charge in [0.25, 0.3) is 17.1 Å². The zero-order valence-corrected chi connectivity index (χ0v) is 17.9. The van der Waals surface area contributed by atoms with Gasteiger partial charge in [0.05, 0.1) is 14.8 Å². The lowest BCUT2D eigenvalue weighted by Gasteiger charge is -2.15. The lowest BCUT2D eigenvalue weighted by molar-refractivity contribution is -0.385. The summed E-state index contributed by atoms with van der Waals surface area (Å²) < 4.78 is 26.9. The first-order valence-corrected chi connectivity index (χ1v) is 10.5. The first-order chi connectivity index (χ1) is 16.6. The predicted molar refractivity (Wildman–Crippen MR) is 112 cm³/mol. The van der Waals surface area contributed by atoms with Crippen LogP contribution in [-0.4, -0.2) is 14.8 Å². The van der Waals surface area contributed by atoms with Gasteiger partial charge in [0.15, 0.2) is 17.2 Å². The van der Waals surface area contributed by atoms with Crippen molar-refractivity contribution in [3.8, 4) is 17.2 Å². The van der Waals surface area contributed by atoms with Gasteiger partial charge in [0.1, 0.15) is 0 Å². The molecular formula is C18H12N3O13P. The highest BCUT2D eigenvalue weighted by Gasteiger charge is 2.36. The molecule has 0 radical (unpaired) electrons. The van der Waals surface area contributed by atoms with E-state index in [-0.39, 0.29) is 34.3 Å². The molecule has 35 heavy (non-hydrogen) atoms. The molecule has 0 bridgehead atoms. The molecule has 0 N–H and O–H groups in total. The number of nitro benzene ring substituents is 3. The van der Waals surface area contributed by atoms with Crippen molar-refractivity contribution in [1.82, 2.24) is 0 Å². The fraction of sp³-hybridized carbons (Fsp3) is 0. The van der Waals surface area contributed by atoms with Crippen molar-refractivity contribution in [2.75, 3.05) is 0 Å². The Labute approximate surface area is 194 Å². The van der Waals surface area contributed by atoms with Crippen LogP contribution < -0.4 is 14.7 Å². The molecule has 3 aromatic carbocycles. The first kappa shape index (κ1) is 25.0. The quantitative estimate of drug-likeness (QED) is 0.139. The molecule has 0 aliphatic heterocycles. The standard InChI is InChI=1S/C18H12N3O13P/c22-19(23)13-1-7-16(8-2-13)29-32-35(28,33-30-17-9-3-14(4-10-17)20(24)25)34-31-18-11-5-15(6-12-18)21(26)27/h1-12H. The topological polar surface area (TPSA) is 202 Å². The van der Waals surface area contributed by atoms with Gasteiger partial charge in [-0.3, -0.25) is 30.3 Å². The Morgan fingerprint density at radius 3 is 0.914 bits per heavy atom. The van der Waals surface area contributed by atoms with Crippen LogP contribution in [0.15, 0.2) is 72.8 Å². The summed E-state index contributed by atoms with van der Waals surface area (Å²) in [6, 6.07) is 13.2. The monoisotopic (exact) mass is 509 g/mol. The molecular weight excluding hydrogens is 497 g/mol. The molecule has 0 saturated carbocycles. The van der Waals surface area contributed by atoms with Crippen LogP contribution in [0.2, 0.25) is 0 Å². The van der Waals surface area contributed by atoms with Crippen LogP contribution in [0.3, 0.4) is 0 Å². The van der Waals surface area contributed by atoms with E-state index in [4.69, 9.17) is 14.7 Å². The Bertz CT molecular complexity index is 1090. The number of benzene rings is 3. The van der Waals surface area contributed by atoms with Gasteiger partial charge >= 0.3 is 7.82 Å². The summed E-state index contributed by atoms with van der Waals surface area (Å²) in [7, 11) is -4.88. The molecule has 0 amide bonds. The highest BCUT2D eigenvalue weighted by Crippen LogP contribution is 2.50. The highest BCUT2D eigenvalue weighted by molar-refractivity contribution is 7.48. The third kappa shape index (κ3) is 7.18. The molecule has 0 unspecified atom stereocenters. The Morgan fingerprint density at radius 1 is 0.486 bits per heavy atom. The lowest BCUT2D eigenvalue weighted by atomic mass is 10.3. The maximum Gasteiger partial charge on any atom is 0.583 e. The van der Waals surface area contributed by atoms with Gasteiger partial charge in [-0.05, 0) is 36.4 Å². The zero-order chi connectivity index (χ0) is 25.4. The molecule has 0 aliphatic rings. The number of nitro groups is 3. The Hall–Kier alpha value is -4.63. The predicted octanol–water partition coefficient (Wildman–Crippen LogP) is 4.85. The van der Waals surface area contributed by atoms with Crippen molar-refractivity contribution in [3.05, 3.63) is 103 Å². The summed E-state index contributed by atoms with van der Waals surface area (Å²) in [5.74, 6) is -0.434. The number of rotatable bonds is 12. The molecule has 0 saturated heterocycles. The van der Waals surface area contributed by atoms with Crippen LogP contribution >= 0.6 is 7.82 Å². The number of nitrogens with zero attached hydrogens (tertiary/aromatic N) is 3. The molecule has 16 nitrogen and oxygen atoms in total. The maximum absolute atomic E-state index is 12.9. The molecule has 0 heterocycles. The van der Waals surface area contributed by atoms with Gasteiger partial charge in [-0.1, -0.05) is 14.0 Å². The summed E-state index contributed by atoms with van der Waals surface area (Å²) in [5, 5.41) is 32.2. The van der Waals surface area contributed by atoms with E-state index in [1.165, 1.54) is 0 Å². The summed E-state index contributed by atoms with van der Waals surface area (Å²) in [4.78, 5) is 44.6. The number of hydrogen-bond acceptors (Lipinski definition) is 13. The minimum atomic E-state index is -4.88. The Morgan fingerprint density at radius 2 is 0.714 bits per heavy atom. The van der Waals surface area contributed by atoms with E-state index < -0.39 is 22.6 Å². The molecule has 0 atom stereocenters. The van der Waals surface area contributed by atoms with Crippen LogP contribution in [0.5, 0.6) is 17.2 Å². The Balaban J connectivity index is 1.70. The average molecular weight is 509 g/mol. The van der Waals surface area contributed by atoms with Crippen molar-refractivity contribution in [1.29, 1.82) is 0 Å². The van der Waals surface area contributed by atoms with Gasteiger partial charge in [-0.25, -0.2) is 4.57 Å². The first-order valence-electron chi connectivity index (χ1n) is 9.07. The van der Waals surface area contributed by atoms with Gasteiger partial charge in [-0.2, -0.15) is 0 Å². The van der Waals surface area contributed by atoms with Crippen LogP contribution in [0, 0.1) is 30.3 Å². The summed E-state index contributed by atoms with van der Waals surface area (Å²) in [5.41, 5.74) is -0.761. The molecule has 0 aromatic heterocycles. The van der Waals surface area contributed by atoms with Gasteiger partial charge in [-0.15, -0.1) is 0 Å². The van der Waals surface area contributed by atoms with Crippen molar-refractivity contribution in [3.63, 3.8) is 0 Å². The minimum Gasteiger partial charge on any atom is -0.327 e. The van der Waals surface area contributed by atoms with Crippen molar-refractivity contribution in [2.24, 2.45) is 0 Å². The zero-order valence-electron chi connectivity index (χ0n) is 17.0. The van der Waals surface area contributed by atoms with E-state index >= 15 is 0 Å². The largest absolute Gasteiger partial charge is 0.583 e. The number of hydrogen-bond donors (Lipinski definition) is 0. The second-order valence-electron chi connectivity index (χ2n) is 6.17. The number of phosphoric acid groups is 1. The smallest absolute Gasteiger partial charge is 0.327 e. The van der Waals surface area contributed by atoms with Crippen molar-refractivity contribution >= 4 is 24.9 Å². The highest BCUT2D eigenvalue weighted by atomic mass is 31.2. The fourth-order valence-electron chi connectivity index (χ4n) is 2.17. The second-order valence-corrected chi connectivity index (χ2v) is 7.52. The molecule has 0 aliphatic carbocycles. The van der Waals surface area contributed by atoms with Crippen LogP contribution in [0.4, 0.5) is 17.1 Å².